The highest BCUT2D eigenvalue weighted by Crippen LogP contribution is 2.20. The number of benzene rings is 1. The van der Waals surface area contributed by atoms with E-state index in [0.717, 1.165) is 49.9 Å². The Morgan fingerprint density at radius 1 is 1.00 bits per heavy atom. The number of nitrogens with zero attached hydrogens (tertiary/aromatic N) is 3. The van der Waals surface area contributed by atoms with E-state index in [0.29, 0.717) is 0 Å². The van der Waals surface area contributed by atoms with Gasteiger partial charge in [-0.05, 0) is 48.6 Å². The Kier molecular flexibility index (Phi) is 5.39. The molecule has 3 rings (SSSR count). The van der Waals surface area contributed by atoms with Crippen molar-refractivity contribution in [2.45, 2.75) is 12.2 Å². The highest BCUT2D eigenvalue weighted by molar-refractivity contribution is 7.97. The third kappa shape index (κ3) is 4.16. The minimum absolute atomic E-state index is 0.181. The zero-order chi connectivity index (χ0) is 16.1. The van der Waals surface area contributed by atoms with E-state index in [1.54, 1.807) is 0 Å². The fourth-order valence-electron chi connectivity index (χ4n) is 2.91. The Morgan fingerprint density at radius 2 is 1.74 bits per heavy atom. The number of anilines is 2. The highest BCUT2D eigenvalue weighted by atomic mass is 32.2. The van der Waals surface area contributed by atoms with Crippen LogP contribution in [0.25, 0.3) is 0 Å². The second kappa shape index (κ2) is 7.68. The van der Waals surface area contributed by atoms with Gasteiger partial charge >= 0.3 is 0 Å². The summed E-state index contributed by atoms with van der Waals surface area (Å²) >= 11 is 1.81. The van der Waals surface area contributed by atoms with Crippen LogP contribution in [0.1, 0.15) is 12.0 Å². The Balaban J connectivity index is 1.64. The Hall–Kier alpha value is -1.75. The second-order valence-electron chi connectivity index (χ2n) is 5.76. The first kappa shape index (κ1) is 16.1. The van der Waals surface area contributed by atoms with Crippen molar-refractivity contribution in [2.24, 2.45) is 0 Å². The zero-order valence-electron chi connectivity index (χ0n) is 13.4. The summed E-state index contributed by atoms with van der Waals surface area (Å²) < 4.78 is 13.1. The van der Waals surface area contributed by atoms with Gasteiger partial charge in [0, 0.05) is 43.8 Å². The predicted molar refractivity (Wildman–Crippen MR) is 96.9 cm³/mol. The van der Waals surface area contributed by atoms with Crippen molar-refractivity contribution in [2.75, 3.05) is 42.2 Å². The lowest BCUT2D eigenvalue weighted by Gasteiger charge is -2.24. The molecule has 1 aliphatic heterocycles. The zero-order valence-corrected chi connectivity index (χ0v) is 14.2. The van der Waals surface area contributed by atoms with E-state index in [-0.39, 0.29) is 5.82 Å². The smallest absolute Gasteiger partial charge is 0.128 e. The molecule has 5 heteroatoms. The van der Waals surface area contributed by atoms with E-state index in [1.165, 1.54) is 17.7 Å². The monoisotopic (exact) mass is 331 g/mol. The normalized spacial score (nSPS) is 15.6. The molecule has 122 valence electrons. The van der Waals surface area contributed by atoms with Crippen LogP contribution in [0.3, 0.4) is 0 Å². The third-order valence-corrected chi connectivity index (χ3v) is 4.75. The van der Waals surface area contributed by atoms with Gasteiger partial charge in [-0.2, -0.15) is 11.8 Å². The molecule has 1 saturated heterocycles. The molecule has 0 radical (unpaired) electrons. The molecule has 0 N–H and O–H groups in total. The lowest BCUT2D eigenvalue weighted by atomic mass is 10.2. The lowest BCUT2D eigenvalue weighted by Crippen LogP contribution is -2.31. The van der Waals surface area contributed by atoms with Crippen molar-refractivity contribution in [3.05, 3.63) is 54.0 Å². The summed E-state index contributed by atoms with van der Waals surface area (Å²) in [5, 5.41) is 0. The summed E-state index contributed by atoms with van der Waals surface area (Å²) in [6.45, 7) is 3.87. The fourth-order valence-corrected chi connectivity index (χ4v) is 3.42. The molecule has 0 aliphatic carbocycles. The Bertz CT molecular complexity index is 615. The lowest BCUT2D eigenvalue weighted by molar-refractivity contribution is 0.627. The molecule has 0 saturated carbocycles. The fraction of sp³-hybridized carbons (Fsp3) is 0.389. The Morgan fingerprint density at radius 3 is 2.43 bits per heavy atom. The van der Waals surface area contributed by atoms with Crippen molar-refractivity contribution in [1.82, 2.24) is 4.98 Å². The van der Waals surface area contributed by atoms with Gasteiger partial charge in [-0.1, -0.05) is 6.07 Å². The summed E-state index contributed by atoms with van der Waals surface area (Å²) in [4.78, 5) is 9.28. The molecule has 0 amide bonds. The van der Waals surface area contributed by atoms with E-state index in [9.17, 15) is 4.39 Å². The maximum absolute atomic E-state index is 13.1. The topological polar surface area (TPSA) is 19.4 Å². The number of pyridine rings is 1. The van der Waals surface area contributed by atoms with Crippen LogP contribution in [0.15, 0.2) is 42.6 Å². The van der Waals surface area contributed by atoms with E-state index in [4.69, 9.17) is 0 Å². The van der Waals surface area contributed by atoms with Gasteiger partial charge in [-0.15, -0.1) is 0 Å². The van der Waals surface area contributed by atoms with E-state index >= 15 is 0 Å². The molecule has 0 bridgehead atoms. The molecule has 0 atom stereocenters. The van der Waals surface area contributed by atoms with Crippen LogP contribution in [0, 0.1) is 5.82 Å². The standard InChI is InChI=1S/C18H22FN3S/c1-23-14-15-3-8-18(20-13-15)22-10-2-9-21(11-12-22)17-6-4-16(19)5-7-17/h3-8,13H,2,9-12,14H2,1H3. The molecule has 1 aromatic heterocycles. The third-order valence-electron chi connectivity index (χ3n) is 4.13. The van der Waals surface area contributed by atoms with Crippen LogP contribution in [0.5, 0.6) is 0 Å². The predicted octanol–water partition coefficient (Wildman–Crippen LogP) is 3.80. The van der Waals surface area contributed by atoms with Gasteiger partial charge in [0.2, 0.25) is 0 Å². The molecule has 2 aromatic rings. The van der Waals surface area contributed by atoms with Crippen molar-refractivity contribution >= 4 is 23.3 Å². The van der Waals surface area contributed by atoms with Crippen LogP contribution < -0.4 is 9.80 Å². The van der Waals surface area contributed by atoms with Crippen molar-refractivity contribution in [1.29, 1.82) is 0 Å². The molecular formula is C18H22FN3S. The van der Waals surface area contributed by atoms with Crippen LogP contribution in [-0.2, 0) is 5.75 Å². The average molecular weight is 331 g/mol. The summed E-state index contributed by atoms with van der Waals surface area (Å²) in [5.41, 5.74) is 2.36. The summed E-state index contributed by atoms with van der Waals surface area (Å²) in [5.74, 6) is 1.88. The van der Waals surface area contributed by atoms with Crippen molar-refractivity contribution in [3.8, 4) is 0 Å². The van der Waals surface area contributed by atoms with Gasteiger partial charge in [-0.3, -0.25) is 0 Å². The SMILES string of the molecule is CSCc1ccc(N2CCCN(c3ccc(F)cc3)CC2)nc1. The second-order valence-corrected chi connectivity index (χ2v) is 6.63. The van der Waals surface area contributed by atoms with Crippen LogP contribution in [-0.4, -0.2) is 37.4 Å². The minimum Gasteiger partial charge on any atom is -0.370 e. The number of hydrogen-bond donors (Lipinski definition) is 0. The molecule has 0 unspecified atom stereocenters. The van der Waals surface area contributed by atoms with Crippen LogP contribution in [0.4, 0.5) is 15.9 Å². The van der Waals surface area contributed by atoms with E-state index in [1.807, 2.05) is 30.1 Å². The van der Waals surface area contributed by atoms with Gasteiger partial charge in [0.05, 0.1) is 0 Å². The van der Waals surface area contributed by atoms with Crippen LogP contribution in [0.2, 0.25) is 0 Å². The maximum Gasteiger partial charge on any atom is 0.128 e. The molecule has 1 fully saturated rings. The number of thioether (sulfide) groups is 1. The van der Waals surface area contributed by atoms with E-state index in [2.05, 4.69) is 33.2 Å². The molecule has 3 nitrogen and oxygen atoms in total. The summed E-state index contributed by atoms with van der Waals surface area (Å²) in [7, 11) is 0. The molecule has 1 aromatic carbocycles. The van der Waals surface area contributed by atoms with E-state index < -0.39 is 0 Å². The van der Waals surface area contributed by atoms with Gasteiger partial charge in [-0.25, -0.2) is 9.37 Å². The minimum atomic E-state index is -0.181. The first-order valence-electron chi connectivity index (χ1n) is 7.95. The number of aromatic nitrogens is 1. The number of halogens is 1. The molecular weight excluding hydrogens is 309 g/mol. The summed E-state index contributed by atoms with van der Waals surface area (Å²) in [6, 6.07) is 11.1. The quantitative estimate of drug-likeness (QED) is 0.848. The van der Waals surface area contributed by atoms with Gasteiger partial charge in [0.1, 0.15) is 11.6 Å². The van der Waals surface area contributed by atoms with Gasteiger partial charge in [0.25, 0.3) is 0 Å². The Labute approximate surface area is 141 Å². The van der Waals surface area contributed by atoms with Gasteiger partial charge in [0.15, 0.2) is 0 Å². The highest BCUT2D eigenvalue weighted by Gasteiger charge is 2.16. The maximum atomic E-state index is 13.1. The van der Waals surface area contributed by atoms with Crippen molar-refractivity contribution in [3.63, 3.8) is 0 Å². The number of rotatable bonds is 4. The molecule has 0 spiro atoms. The molecule has 2 heterocycles. The number of hydrogen-bond acceptors (Lipinski definition) is 4. The first-order chi connectivity index (χ1) is 11.3. The van der Waals surface area contributed by atoms with Gasteiger partial charge < -0.3 is 9.80 Å². The summed E-state index contributed by atoms with van der Waals surface area (Å²) in [6.07, 6.45) is 5.16. The molecule has 23 heavy (non-hydrogen) atoms. The average Bonchev–Trinajstić information content (AvgIpc) is 2.83. The largest absolute Gasteiger partial charge is 0.370 e. The first-order valence-corrected chi connectivity index (χ1v) is 9.35. The van der Waals surface area contributed by atoms with Crippen molar-refractivity contribution < 1.29 is 4.39 Å². The van der Waals surface area contributed by atoms with Crippen LogP contribution >= 0.6 is 11.8 Å². The molecule has 1 aliphatic rings.